The van der Waals surface area contributed by atoms with Crippen molar-refractivity contribution in [1.82, 2.24) is 0 Å². The third-order valence-electron chi connectivity index (χ3n) is 1.18. The van der Waals surface area contributed by atoms with Gasteiger partial charge in [-0.05, 0) is 12.8 Å². The highest BCUT2D eigenvalue weighted by Gasteiger charge is 2.08. The Morgan fingerprint density at radius 3 is 1.55 bits per heavy atom. The largest absolute Gasteiger partial charge is 0.229 e. The van der Waals surface area contributed by atoms with Crippen molar-refractivity contribution < 1.29 is 8.42 Å². The summed E-state index contributed by atoms with van der Waals surface area (Å²) in [4.78, 5) is 0. The van der Waals surface area contributed by atoms with E-state index in [0.717, 1.165) is 0 Å². The molecule has 0 saturated heterocycles. The zero-order valence-electron chi connectivity index (χ0n) is 6.22. The van der Waals surface area contributed by atoms with E-state index in [9.17, 15) is 8.42 Å². The molecular formula is C6H12Cl2O2S. The Bertz CT molecular complexity index is 163. The van der Waals surface area contributed by atoms with Gasteiger partial charge in [0.25, 0.3) is 0 Å². The zero-order valence-corrected chi connectivity index (χ0v) is 8.55. The molecule has 5 heteroatoms. The minimum Gasteiger partial charge on any atom is -0.229 e. The van der Waals surface area contributed by atoms with Crippen molar-refractivity contribution in [2.24, 2.45) is 0 Å². The van der Waals surface area contributed by atoms with E-state index in [-0.39, 0.29) is 11.5 Å². The highest BCUT2D eigenvalue weighted by molar-refractivity contribution is 7.91. The van der Waals surface area contributed by atoms with Crippen molar-refractivity contribution in [2.75, 3.05) is 23.3 Å². The van der Waals surface area contributed by atoms with Crippen molar-refractivity contribution in [1.29, 1.82) is 0 Å². The van der Waals surface area contributed by atoms with Crippen LogP contribution in [0.15, 0.2) is 0 Å². The zero-order chi connectivity index (χ0) is 8.74. The van der Waals surface area contributed by atoms with Crippen LogP contribution < -0.4 is 0 Å². The van der Waals surface area contributed by atoms with E-state index in [1.54, 1.807) is 0 Å². The Labute approximate surface area is 77.8 Å². The molecule has 11 heavy (non-hydrogen) atoms. The minimum absolute atomic E-state index is 0.188. The Morgan fingerprint density at radius 1 is 0.909 bits per heavy atom. The van der Waals surface area contributed by atoms with E-state index in [2.05, 4.69) is 0 Å². The Morgan fingerprint density at radius 2 is 1.27 bits per heavy atom. The first-order chi connectivity index (χ1) is 5.12. The van der Waals surface area contributed by atoms with Crippen LogP contribution in [0.4, 0.5) is 0 Å². The summed E-state index contributed by atoms with van der Waals surface area (Å²) >= 11 is 10.7. The van der Waals surface area contributed by atoms with Crippen LogP contribution in [0.1, 0.15) is 12.8 Å². The maximum absolute atomic E-state index is 11.0. The van der Waals surface area contributed by atoms with Crippen LogP contribution in [0.25, 0.3) is 0 Å². The van der Waals surface area contributed by atoms with Gasteiger partial charge in [-0.1, -0.05) is 0 Å². The average molecular weight is 219 g/mol. The molecule has 0 aromatic carbocycles. The van der Waals surface area contributed by atoms with Crippen LogP contribution in [0.2, 0.25) is 0 Å². The second-order valence-electron chi connectivity index (χ2n) is 2.24. The predicted molar refractivity (Wildman–Crippen MR) is 49.3 cm³/mol. The second-order valence-corrected chi connectivity index (χ2v) is 5.30. The van der Waals surface area contributed by atoms with Crippen LogP contribution >= 0.6 is 23.2 Å². The number of halogens is 2. The topological polar surface area (TPSA) is 34.1 Å². The predicted octanol–water partition coefficient (Wildman–Crippen LogP) is 1.66. The molecule has 0 aliphatic heterocycles. The summed E-state index contributed by atoms with van der Waals surface area (Å²) in [6, 6.07) is 0. The molecule has 0 aliphatic carbocycles. The van der Waals surface area contributed by atoms with Crippen molar-refractivity contribution in [3.8, 4) is 0 Å². The molecule has 0 atom stereocenters. The molecule has 0 N–H and O–H groups in total. The van der Waals surface area contributed by atoms with Crippen LogP contribution in [0.3, 0.4) is 0 Å². The summed E-state index contributed by atoms with van der Waals surface area (Å²) in [6.45, 7) is 0. The van der Waals surface area contributed by atoms with E-state index in [1.165, 1.54) is 0 Å². The van der Waals surface area contributed by atoms with Gasteiger partial charge in [-0.15, -0.1) is 23.2 Å². The molecule has 2 nitrogen and oxygen atoms in total. The first-order valence-electron chi connectivity index (χ1n) is 3.45. The highest BCUT2D eigenvalue weighted by Crippen LogP contribution is 1.98. The molecule has 0 amide bonds. The molecule has 0 aromatic rings. The molecule has 0 fully saturated rings. The Kier molecular flexibility index (Phi) is 6.38. The second kappa shape index (κ2) is 6.09. The summed E-state index contributed by atoms with van der Waals surface area (Å²) in [6.07, 6.45) is 1.07. The van der Waals surface area contributed by atoms with Gasteiger partial charge in [-0.25, -0.2) is 8.42 Å². The molecule has 0 heterocycles. The van der Waals surface area contributed by atoms with Gasteiger partial charge < -0.3 is 0 Å². The summed E-state index contributed by atoms with van der Waals surface area (Å²) in [5.41, 5.74) is 0. The Hall–Kier alpha value is 0.530. The number of alkyl halides is 2. The Balaban J connectivity index is 3.63. The van der Waals surface area contributed by atoms with Gasteiger partial charge in [0, 0.05) is 11.8 Å². The minimum atomic E-state index is -2.87. The normalized spacial score (nSPS) is 11.8. The molecular weight excluding hydrogens is 207 g/mol. The summed E-state index contributed by atoms with van der Waals surface area (Å²) in [7, 11) is -2.87. The summed E-state index contributed by atoms with van der Waals surface area (Å²) in [5.74, 6) is 1.18. The smallest absolute Gasteiger partial charge is 0.150 e. The van der Waals surface area contributed by atoms with Gasteiger partial charge in [-0.3, -0.25) is 0 Å². The van der Waals surface area contributed by atoms with Crippen molar-refractivity contribution in [2.45, 2.75) is 12.8 Å². The molecule has 0 radical (unpaired) electrons. The third-order valence-corrected chi connectivity index (χ3v) is 3.53. The van der Waals surface area contributed by atoms with Crippen LogP contribution in [0.5, 0.6) is 0 Å². The van der Waals surface area contributed by atoms with Crippen molar-refractivity contribution >= 4 is 33.0 Å². The van der Waals surface area contributed by atoms with Gasteiger partial charge >= 0.3 is 0 Å². The quantitative estimate of drug-likeness (QED) is 0.636. The first kappa shape index (κ1) is 11.5. The van der Waals surface area contributed by atoms with Crippen molar-refractivity contribution in [3.63, 3.8) is 0 Å². The van der Waals surface area contributed by atoms with E-state index >= 15 is 0 Å². The lowest BCUT2D eigenvalue weighted by Crippen LogP contribution is -2.11. The lowest BCUT2D eigenvalue weighted by atomic mass is 10.6. The van der Waals surface area contributed by atoms with E-state index < -0.39 is 9.84 Å². The molecule has 0 unspecified atom stereocenters. The molecule has 0 rings (SSSR count). The van der Waals surface area contributed by atoms with Crippen LogP contribution in [-0.4, -0.2) is 31.7 Å². The fourth-order valence-electron chi connectivity index (χ4n) is 0.651. The number of sulfone groups is 1. The SMILES string of the molecule is O=S(=O)(CCCCl)CCCCl. The average Bonchev–Trinajstić information content (AvgIpc) is 1.97. The van der Waals surface area contributed by atoms with Gasteiger partial charge in [0.05, 0.1) is 11.5 Å². The number of rotatable bonds is 6. The third kappa shape index (κ3) is 6.91. The number of hydrogen-bond acceptors (Lipinski definition) is 2. The van der Waals surface area contributed by atoms with Gasteiger partial charge in [-0.2, -0.15) is 0 Å². The number of hydrogen-bond donors (Lipinski definition) is 0. The van der Waals surface area contributed by atoms with Crippen molar-refractivity contribution in [3.05, 3.63) is 0 Å². The molecule has 0 saturated carbocycles. The molecule has 0 aliphatic rings. The van der Waals surface area contributed by atoms with Crippen LogP contribution in [0, 0.1) is 0 Å². The van der Waals surface area contributed by atoms with Gasteiger partial charge in [0.2, 0.25) is 0 Å². The molecule has 0 spiro atoms. The molecule has 68 valence electrons. The van der Waals surface area contributed by atoms with E-state index in [0.29, 0.717) is 24.6 Å². The fraction of sp³-hybridized carbons (Fsp3) is 1.00. The highest BCUT2D eigenvalue weighted by atomic mass is 35.5. The lowest BCUT2D eigenvalue weighted by Gasteiger charge is -1.99. The van der Waals surface area contributed by atoms with E-state index in [1.807, 2.05) is 0 Å². The lowest BCUT2D eigenvalue weighted by molar-refractivity contribution is 0.593. The van der Waals surface area contributed by atoms with Crippen LogP contribution in [-0.2, 0) is 9.84 Å². The first-order valence-corrected chi connectivity index (χ1v) is 6.34. The van der Waals surface area contributed by atoms with Gasteiger partial charge in [0.15, 0.2) is 0 Å². The maximum Gasteiger partial charge on any atom is 0.150 e. The monoisotopic (exact) mass is 218 g/mol. The van der Waals surface area contributed by atoms with E-state index in [4.69, 9.17) is 23.2 Å². The fourth-order valence-corrected chi connectivity index (χ4v) is 2.61. The maximum atomic E-state index is 11.0. The summed E-state index contributed by atoms with van der Waals surface area (Å²) < 4.78 is 22.1. The standard InChI is InChI=1S/C6H12Cl2O2S/c7-3-1-5-11(9,10)6-2-4-8/h1-6H2. The van der Waals surface area contributed by atoms with Gasteiger partial charge in [0.1, 0.15) is 9.84 Å². The molecule has 0 aromatic heterocycles. The summed E-state index contributed by atoms with van der Waals surface area (Å²) in [5, 5.41) is 0. The molecule has 0 bridgehead atoms.